The molecule has 0 atom stereocenters. The Bertz CT molecular complexity index is 391. The fourth-order valence-electron chi connectivity index (χ4n) is 1.31. The maximum Gasteiger partial charge on any atom is 0.255 e. The minimum atomic E-state index is -0.0791. The third-order valence-corrected chi connectivity index (χ3v) is 2.16. The number of carbonyl (C=O) groups excluding carboxylic acids is 1. The lowest BCUT2D eigenvalue weighted by molar-refractivity contribution is 0.0772. The van der Waals surface area contributed by atoms with Crippen molar-refractivity contribution in [2.75, 3.05) is 13.1 Å². The lowest BCUT2D eigenvalue weighted by atomic mass is 10.2. The molecule has 4 nitrogen and oxygen atoms in total. The average Bonchev–Trinajstić information content (AvgIpc) is 2.30. The molecule has 0 aliphatic heterocycles. The summed E-state index contributed by atoms with van der Waals surface area (Å²) >= 11 is 0. The highest BCUT2D eigenvalue weighted by Gasteiger charge is 2.12. The van der Waals surface area contributed by atoms with Crippen molar-refractivity contribution in [3.8, 4) is 6.07 Å². The number of hydrogen-bond donors (Lipinski definition) is 0. The van der Waals surface area contributed by atoms with Gasteiger partial charge < -0.3 is 4.90 Å². The summed E-state index contributed by atoms with van der Waals surface area (Å²) in [6.07, 6.45) is 2.93. The second-order valence-electron chi connectivity index (χ2n) is 3.05. The van der Waals surface area contributed by atoms with Crippen LogP contribution < -0.4 is 0 Å². The van der Waals surface area contributed by atoms with Crippen LogP contribution in [0.15, 0.2) is 18.5 Å². The van der Waals surface area contributed by atoms with Gasteiger partial charge in [0.25, 0.3) is 5.91 Å². The highest BCUT2D eigenvalue weighted by Crippen LogP contribution is 2.05. The molecule has 0 aliphatic rings. The van der Waals surface area contributed by atoms with Gasteiger partial charge in [0, 0.05) is 25.5 Å². The van der Waals surface area contributed by atoms with Crippen molar-refractivity contribution in [3.05, 3.63) is 29.6 Å². The second kappa shape index (κ2) is 5.11. The lowest BCUT2D eigenvalue weighted by Crippen LogP contribution is -2.30. The second-order valence-corrected chi connectivity index (χ2v) is 3.05. The largest absolute Gasteiger partial charge is 0.339 e. The van der Waals surface area contributed by atoms with E-state index >= 15 is 0 Å². The molecular weight excluding hydrogens is 190 g/mol. The fraction of sp³-hybridized carbons (Fsp3) is 0.364. The van der Waals surface area contributed by atoms with Crippen molar-refractivity contribution < 1.29 is 4.79 Å². The van der Waals surface area contributed by atoms with E-state index in [1.54, 1.807) is 11.0 Å². The Hall–Kier alpha value is -1.89. The zero-order chi connectivity index (χ0) is 11.3. The van der Waals surface area contributed by atoms with Gasteiger partial charge in [0.1, 0.15) is 6.07 Å². The van der Waals surface area contributed by atoms with Gasteiger partial charge >= 0.3 is 0 Å². The molecule has 1 rings (SSSR count). The first-order valence-corrected chi connectivity index (χ1v) is 4.87. The molecule has 1 heterocycles. The number of rotatable bonds is 3. The van der Waals surface area contributed by atoms with Crippen molar-refractivity contribution in [2.45, 2.75) is 13.8 Å². The summed E-state index contributed by atoms with van der Waals surface area (Å²) in [5.74, 6) is -0.0791. The van der Waals surface area contributed by atoms with Gasteiger partial charge in [0.2, 0.25) is 0 Å². The highest BCUT2D eigenvalue weighted by atomic mass is 16.2. The molecule has 1 aromatic heterocycles. The summed E-state index contributed by atoms with van der Waals surface area (Å²) in [5.41, 5.74) is 0.880. The van der Waals surface area contributed by atoms with E-state index in [0.29, 0.717) is 24.2 Å². The van der Waals surface area contributed by atoms with Crippen molar-refractivity contribution in [1.82, 2.24) is 9.88 Å². The normalized spacial score (nSPS) is 9.40. The third-order valence-electron chi connectivity index (χ3n) is 2.16. The van der Waals surface area contributed by atoms with Crippen LogP contribution >= 0.6 is 0 Å². The molecule has 0 aromatic carbocycles. The number of nitrogens with zero attached hydrogens (tertiary/aromatic N) is 3. The Morgan fingerprint density at radius 3 is 2.67 bits per heavy atom. The minimum Gasteiger partial charge on any atom is -0.339 e. The maximum absolute atomic E-state index is 11.9. The summed E-state index contributed by atoms with van der Waals surface area (Å²) in [7, 11) is 0. The van der Waals surface area contributed by atoms with Gasteiger partial charge in [0.15, 0.2) is 0 Å². The first-order chi connectivity index (χ1) is 7.22. The summed E-state index contributed by atoms with van der Waals surface area (Å²) in [5, 5.41) is 8.68. The molecule has 1 aromatic rings. The molecule has 78 valence electrons. The van der Waals surface area contributed by atoms with Gasteiger partial charge in [-0.2, -0.15) is 5.26 Å². The van der Waals surface area contributed by atoms with Crippen LogP contribution in [0.2, 0.25) is 0 Å². The summed E-state index contributed by atoms with van der Waals surface area (Å²) in [6.45, 7) is 5.16. The van der Waals surface area contributed by atoms with E-state index in [-0.39, 0.29) is 5.91 Å². The Kier molecular flexibility index (Phi) is 3.81. The molecule has 0 spiro atoms. The molecule has 0 saturated heterocycles. The van der Waals surface area contributed by atoms with E-state index in [1.165, 1.54) is 12.4 Å². The van der Waals surface area contributed by atoms with Gasteiger partial charge in [-0.1, -0.05) is 0 Å². The van der Waals surface area contributed by atoms with Crippen LogP contribution in [0.3, 0.4) is 0 Å². The number of nitriles is 1. The highest BCUT2D eigenvalue weighted by molar-refractivity contribution is 5.94. The number of aromatic nitrogens is 1. The topological polar surface area (TPSA) is 57.0 Å². The minimum absolute atomic E-state index is 0.0791. The molecule has 0 radical (unpaired) electrons. The fourth-order valence-corrected chi connectivity index (χ4v) is 1.31. The standard InChI is InChI=1S/C11H13N3O/c1-3-14(4-2)11(15)10-5-9(6-12)7-13-8-10/h5,7-8H,3-4H2,1-2H3. The van der Waals surface area contributed by atoms with Gasteiger partial charge in [-0.25, -0.2) is 0 Å². The summed E-state index contributed by atoms with van der Waals surface area (Å²) in [6, 6.07) is 3.53. The van der Waals surface area contributed by atoms with Crippen LogP contribution in [-0.2, 0) is 0 Å². The molecule has 1 amide bonds. The van der Waals surface area contributed by atoms with E-state index in [9.17, 15) is 4.79 Å². The van der Waals surface area contributed by atoms with E-state index in [0.717, 1.165) is 0 Å². The monoisotopic (exact) mass is 203 g/mol. The maximum atomic E-state index is 11.9. The number of pyridine rings is 1. The van der Waals surface area contributed by atoms with Crippen molar-refractivity contribution in [1.29, 1.82) is 5.26 Å². The lowest BCUT2D eigenvalue weighted by Gasteiger charge is -2.18. The van der Waals surface area contributed by atoms with Crippen molar-refractivity contribution in [2.24, 2.45) is 0 Å². The van der Waals surface area contributed by atoms with Crippen LogP contribution in [-0.4, -0.2) is 28.9 Å². The number of amides is 1. The molecule has 0 bridgehead atoms. The predicted molar refractivity (Wildman–Crippen MR) is 56.2 cm³/mol. The zero-order valence-corrected chi connectivity index (χ0v) is 8.90. The van der Waals surface area contributed by atoms with Gasteiger partial charge in [-0.3, -0.25) is 9.78 Å². The smallest absolute Gasteiger partial charge is 0.255 e. The molecular formula is C11H13N3O. The Morgan fingerprint density at radius 2 is 2.13 bits per heavy atom. The first kappa shape index (κ1) is 11.2. The molecule has 0 unspecified atom stereocenters. The van der Waals surface area contributed by atoms with Crippen LogP contribution in [0, 0.1) is 11.3 Å². The van der Waals surface area contributed by atoms with E-state index in [4.69, 9.17) is 5.26 Å². The SMILES string of the molecule is CCN(CC)C(=O)c1cncc(C#N)c1. The van der Waals surface area contributed by atoms with Gasteiger partial charge in [0.05, 0.1) is 11.1 Å². The molecule has 15 heavy (non-hydrogen) atoms. The molecule has 4 heteroatoms. The van der Waals surface area contributed by atoms with Crippen molar-refractivity contribution >= 4 is 5.91 Å². The Labute approximate surface area is 89.2 Å². The van der Waals surface area contributed by atoms with E-state index in [1.807, 2.05) is 19.9 Å². The van der Waals surface area contributed by atoms with Crippen LogP contribution in [0.4, 0.5) is 0 Å². The Balaban J connectivity index is 2.96. The molecule has 0 saturated carbocycles. The number of carbonyl (C=O) groups is 1. The predicted octanol–water partition coefficient (Wildman–Crippen LogP) is 1.44. The Morgan fingerprint density at radius 1 is 1.47 bits per heavy atom. The average molecular weight is 203 g/mol. The van der Waals surface area contributed by atoms with Crippen LogP contribution in [0.1, 0.15) is 29.8 Å². The van der Waals surface area contributed by atoms with Gasteiger partial charge in [-0.05, 0) is 19.9 Å². The van der Waals surface area contributed by atoms with Gasteiger partial charge in [-0.15, -0.1) is 0 Å². The summed E-state index contributed by atoms with van der Waals surface area (Å²) in [4.78, 5) is 17.4. The summed E-state index contributed by atoms with van der Waals surface area (Å²) < 4.78 is 0. The third kappa shape index (κ3) is 2.53. The zero-order valence-electron chi connectivity index (χ0n) is 8.90. The quantitative estimate of drug-likeness (QED) is 0.746. The molecule has 0 N–H and O–H groups in total. The number of hydrogen-bond acceptors (Lipinski definition) is 3. The van der Waals surface area contributed by atoms with Crippen LogP contribution in [0.5, 0.6) is 0 Å². The first-order valence-electron chi connectivity index (χ1n) is 4.87. The molecule has 0 aliphatic carbocycles. The van der Waals surface area contributed by atoms with E-state index in [2.05, 4.69) is 4.98 Å². The molecule has 0 fully saturated rings. The van der Waals surface area contributed by atoms with E-state index < -0.39 is 0 Å². The van der Waals surface area contributed by atoms with Crippen LogP contribution in [0.25, 0.3) is 0 Å². The van der Waals surface area contributed by atoms with Crippen molar-refractivity contribution in [3.63, 3.8) is 0 Å².